The molecule has 0 fully saturated rings. The van der Waals surface area contributed by atoms with Crippen LogP contribution in [0, 0.1) is 0 Å². The van der Waals surface area contributed by atoms with E-state index in [1.165, 1.54) is 96.3 Å². The standard InChI is InChI=1S/C71H116O6/c1-4-7-10-13-15-17-19-21-23-25-27-29-31-32-33-34-35-36-37-38-40-41-43-45-47-49-51-53-55-58-61-64-70(73)76-67-68(66-75-69(72)63-60-57-12-9-6-3)77-71(74)65-62-59-56-54-52-50-48-46-44-42-39-30-28-26-24-22-20-18-16-14-11-8-5-2/h7,10,15,17,20-23,26-29,32-33,35-36,38,40,43,45,49,51,68H,4-6,8-9,11-14,16,18-19,24-25,30-31,34,37,39,41-42,44,46-48,50,52-67H2,1-3H3/b10-7-,17-15-,22-20-,23-21-,28-26-,29-27-,33-32-,36-35-,40-38-,45-43-,51-49-. The molecule has 0 aliphatic carbocycles. The van der Waals surface area contributed by atoms with Gasteiger partial charge in [0.25, 0.3) is 0 Å². The Morgan fingerprint density at radius 2 is 0.506 bits per heavy atom. The van der Waals surface area contributed by atoms with E-state index in [-0.39, 0.29) is 31.1 Å². The van der Waals surface area contributed by atoms with Gasteiger partial charge in [0.05, 0.1) is 0 Å². The van der Waals surface area contributed by atoms with Crippen molar-refractivity contribution >= 4 is 17.9 Å². The van der Waals surface area contributed by atoms with Crippen molar-refractivity contribution in [1.29, 1.82) is 0 Å². The maximum absolute atomic E-state index is 12.8. The van der Waals surface area contributed by atoms with E-state index < -0.39 is 6.10 Å². The van der Waals surface area contributed by atoms with Crippen LogP contribution in [0.3, 0.4) is 0 Å². The van der Waals surface area contributed by atoms with E-state index in [9.17, 15) is 14.4 Å². The van der Waals surface area contributed by atoms with Gasteiger partial charge in [-0.1, -0.05) is 270 Å². The van der Waals surface area contributed by atoms with Crippen LogP contribution in [0.15, 0.2) is 134 Å². The number of hydrogen-bond donors (Lipinski definition) is 0. The first kappa shape index (κ1) is 72.5. The summed E-state index contributed by atoms with van der Waals surface area (Å²) in [6, 6.07) is 0. The Labute approximate surface area is 475 Å². The second kappa shape index (κ2) is 64.1. The van der Waals surface area contributed by atoms with E-state index >= 15 is 0 Å². The average Bonchev–Trinajstić information content (AvgIpc) is 3.43. The molecule has 0 saturated carbocycles. The van der Waals surface area contributed by atoms with E-state index in [1.54, 1.807) is 0 Å². The van der Waals surface area contributed by atoms with Crippen molar-refractivity contribution in [2.45, 2.75) is 284 Å². The van der Waals surface area contributed by atoms with Gasteiger partial charge in [0.15, 0.2) is 6.10 Å². The lowest BCUT2D eigenvalue weighted by molar-refractivity contribution is -0.167. The molecule has 0 rings (SSSR count). The molecule has 0 bridgehead atoms. The fourth-order valence-corrected chi connectivity index (χ4v) is 8.41. The van der Waals surface area contributed by atoms with E-state index in [1.807, 2.05) is 0 Å². The van der Waals surface area contributed by atoms with Gasteiger partial charge in [-0.2, -0.15) is 0 Å². The van der Waals surface area contributed by atoms with Crippen LogP contribution >= 0.6 is 0 Å². The maximum Gasteiger partial charge on any atom is 0.306 e. The van der Waals surface area contributed by atoms with Crippen LogP contribution in [-0.4, -0.2) is 37.2 Å². The van der Waals surface area contributed by atoms with Gasteiger partial charge in [-0.15, -0.1) is 0 Å². The molecule has 1 atom stereocenters. The molecule has 0 saturated heterocycles. The molecule has 0 aliphatic heterocycles. The third kappa shape index (κ3) is 62.3. The lowest BCUT2D eigenvalue weighted by Crippen LogP contribution is -2.30. The quantitative estimate of drug-likeness (QED) is 0.0261. The number of rotatable bonds is 56. The second-order valence-electron chi connectivity index (χ2n) is 20.6. The number of carbonyl (C=O) groups is 3. The largest absolute Gasteiger partial charge is 0.462 e. The Bertz CT molecular complexity index is 1650. The maximum atomic E-state index is 12.8. The van der Waals surface area contributed by atoms with Gasteiger partial charge in [0.1, 0.15) is 13.2 Å². The Balaban J connectivity index is 4.16. The van der Waals surface area contributed by atoms with Crippen LogP contribution in [0.1, 0.15) is 278 Å². The minimum atomic E-state index is -0.794. The number of esters is 3. The van der Waals surface area contributed by atoms with E-state index in [2.05, 4.69) is 154 Å². The molecule has 1 unspecified atom stereocenters. The fraction of sp³-hybridized carbons (Fsp3) is 0.648. The van der Waals surface area contributed by atoms with E-state index in [0.717, 1.165) is 141 Å². The molecule has 436 valence electrons. The molecule has 0 aliphatic rings. The molecule has 0 amide bonds. The van der Waals surface area contributed by atoms with Gasteiger partial charge in [0.2, 0.25) is 0 Å². The van der Waals surface area contributed by atoms with Gasteiger partial charge in [0, 0.05) is 19.3 Å². The fourth-order valence-electron chi connectivity index (χ4n) is 8.41. The first-order valence-electron chi connectivity index (χ1n) is 31.7. The number of hydrogen-bond acceptors (Lipinski definition) is 6. The monoisotopic (exact) mass is 1060 g/mol. The third-order valence-corrected chi connectivity index (χ3v) is 13.1. The second-order valence-corrected chi connectivity index (χ2v) is 20.6. The highest BCUT2D eigenvalue weighted by Gasteiger charge is 2.19. The van der Waals surface area contributed by atoms with Crippen molar-refractivity contribution in [3.63, 3.8) is 0 Å². The van der Waals surface area contributed by atoms with Crippen molar-refractivity contribution in [3.8, 4) is 0 Å². The van der Waals surface area contributed by atoms with E-state index in [0.29, 0.717) is 19.3 Å². The summed E-state index contributed by atoms with van der Waals surface area (Å²) in [5, 5.41) is 0. The van der Waals surface area contributed by atoms with Crippen molar-refractivity contribution in [2.24, 2.45) is 0 Å². The summed E-state index contributed by atoms with van der Waals surface area (Å²) in [5.41, 5.74) is 0. The van der Waals surface area contributed by atoms with Gasteiger partial charge in [-0.25, -0.2) is 0 Å². The molecule has 0 aromatic carbocycles. The summed E-state index contributed by atoms with van der Waals surface area (Å²) in [4.78, 5) is 37.9. The first-order valence-corrected chi connectivity index (χ1v) is 31.7. The normalized spacial score (nSPS) is 13.0. The summed E-state index contributed by atoms with van der Waals surface area (Å²) in [5.74, 6) is -0.944. The molecule has 0 aromatic heterocycles. The number of unbranched alkanes of at least 4 members (excludes halogenated alkanes) is 23. The van der Waals surface area contributed by atoms with Crippen molar-refractivity contribution < 1.29 is 28.6 Å². The van der Waals surface area contributed by atoms with Crippen LogP contribution in [0.2, 0.25) is 0 Å². The summed E-state index contributed by atoms with van der Waals surface area (Å²) >= 11 is 0. The first-order chi connectivity index (χ1) is 38.0. The topological polar surface area (TPSA) is 78.9 Å². The zero-order chi connectivity index (χ0) is 55.7. The molecule has 0 radical (unpaired) electrons. The Hall–Kier alpha value is -4.45. The van der Waals surface area contributed by atoms with E-state index in [4.69, 9.17) is 14.2 Å². The van der Waals surface area contributed by atoms with Gasteiger partial charge in [-0.3, -0.25) is 14.4 Å². The van der Waals surface area contributed by atoms with Crippen molar-refractivity contribution in [1.82, 2.24) is 0 Å². The summed E-state index contributed by atoms with van der Waals surface area (Å²) in [6.07, 6.45) is 90.7. The Kier molecular flexibility index (Phi) is 60.4. The molecule has 0 heterocycles. The Morgan fingerprint density at radius 1 is 0.273 bits per heavy atom. The number of ether oxygens (including phenoxy) is 3. The summed E-state index contributed by atoms with van der Waals surface area (Å²) < 4.78 is 16.7. The smallest absolute Gasteiger partial charge is 0.306 e. The highest BCUT2D eigenvalue weighted by Crippen LogP contribution is 2.15. The molecule has 0 N–H and O–H groups in total. The van der Waals surface area contributed by atoms with Gasteiger partial charge >= 0.3 is 17.9 Å². The van der Waals surface area contributed by atoms with Crippen LogP contribution in [-0.2, 0) is 28.6 Å². The predicted molar refractivity (Wildman–Crippen MR) is 334 cm³/mol. The minimum absolute atomic E-state index is 0.0929. The molecule has 77 heavy (non-hydrogen) atoms. The highest BCUT2D eigenvalue weighted by atomic mass is 16.6. The van der Waals surface area contributed by atoms with Crippen LogP contribution in [0.25, 0.3) is 0 Å². The summed E-state index contributed by atoms with van der Waals surface area (Å²) in [6.45, 7) is 6.40. The SMILES string of the molecule is CC/C=C\C/C=C\C/C=C\C/C=C\C/C=C\C/C=C\C/C=C\C/C=C\C/C=C\CCCCCC(=O)OCC(COC(=O)CCCCCCC)OC(=O)CCCCCCCCCCCCC/C=C\C/C=C\CCCCCCC. The zero-order valence-corrected chi connectivity index (χ0v) is 49.9. The van der Waals surface area contributed by atoms with Gasteiger partial charge in [-0.05, 0) is 122 Å². The molecule has 6 nitrogen and oxygen atoms in total. The van der Waals surface area contributed by atoms with Crippen LogP contribution in [0.4, 0.5) is 0 Å². The molecule has 6 heteroatoms. The molecule has 0 spiro atoms. The number of allylic oxidation sites excluding steroid dienone is 22. The Morgan fingerprint density at radius 3 is 0.805 bits per heavy atom. The van der Waals surface area contributed by atoms with Crippen LogP contribution < -0.4 is 0 Å². The lowest BCUT2D eigenvalue weighted by Gasteiger charge is -2.18. The van der Waals surface area contributed by atoms with Crippen molar-refractivity contribution in [2.75, 3.05) is 13.2 Å². The van der Waals surface area contributed by atoms with Gasteiger partial charge < -0.3 is 14.2 Å². The average molecular weight is 1070 g/mol. The zero-order valence-electron chi connectivity index (χ0n) is 49.9. The lowest BCUT2D eigenvalue weighted by atomic mass is 10.0. The minimum Gasteiger partial charge on any atom is -0.462 e. The number of carbonyl (C=O) groups excluding carboxylic acids is 3. The van der Waals surface area contributed by atoms with Crippen LogP contribution in [0.5, 0.6) is 0 Å². The molecule has 0 aromatic rings. The predicted octanol–water partition coefficient (Wildman–Crippen LogP) is 21.8. The molecular formula is C71H116O6. The molecular weight excluding hydrogens is 949 g/mol. The summed E-state index contributed by atoms with van der Waals surface area (Å²) in [7, 11) is 0. The van der Waals surface area contributed by atoms with Crippen molar-refractivity contribution in [3.05, 3.63) is 134 Å². The highest BCUT2D eigenvalue weighted by molar-refractivity contribution is 5.71. The third-order valence-electron chi connectivity index (χ3n) is 13.1.